The second-order valence-corrected chi connectivity index (χ2v) is 6.92. The van der Waals surface area contributed by atoms with Crippen molar-refractivity contribution in [3.8, 4) is 17.6 Å². The summed E-state index contributed by atoms with van der Waals surface area (Å²) in [6, 6.07) is 6.52. The lowest BCUT2D eigenvalue weighted by atomic mass is 10.1. The van der Waals surface area contributed by atoms with Crippen LogP contribution < -0.4 is 11.1 Å². The third kappa shape index (κ3) is 4.01. The number of anilines is 2. The SMILES string of the molecule is Cc1cc(-n2nccn2)c(C#N)cc1NC(=O)c1cnn(-c2ccc(F)c(N)n2)c1C(F)(F)F. The van der Waals surface area contributed by atoms with E-state index in [9.17, 15) is 27.6 Å². The third-order valence-electron chi connectivity index (χ3n) is 4.70. The average molecular weight is 471 g/mol. The van der Waals surface area contributed by atoms with Gasteiger partial charge in [0.15, 0.2) is 23.1 Å². The highest BCUT2D eigenvalue weighted by Gasteiger charge is 2.41. The molecular weight excluding hydrogens is 458 g/mol. The summed E-state index contributed by atoms with van der Waals surface area (Å²) >= 11 is 0. The maximum Gasteiger partial charge on any atom is 0.434 e. The number of carbonyl (C=O) groups excluding carboxylic acids is 1. The number of nitrogens with one attached hydrogen (secondary N) is 1. The van der Waals surface area contributed by atoms with Crippen molar-refractivity contribution in [1.82, 2.24) is 29.8 Å². The Morgan fingerprint density at radius 2 is 1.88 bits per heavy atom. The molecule has 0 aliphatic carbocycles. The Kier molecular flexibility index (Phi) is 5.45. The van der Waals surface area contributed by atoms with Gasteiger partial charge in [-0.05, 0) is 36.8 Å². The lowest BCUT2D eigenvalue weighted by Gasteiger charge is -2.14. The van der Waals surface area contributed by atoms with E-state index in [0.29, 0.717) is 22.1 Å². The Bertz CT molecular complexity index is 1440. The van der Waals surface area contributed by atoms with Gasteiger partial charge in [0.1, 0.15) is 11.8 Å². The number of aromatic nitrogens is 6. The van der Waals surface area contributed by atoms with Gasteiger partial charge >= 0.3 is 6.18 Å². The van der Waals surface area contributed by atoms with Crippen molar-refractivity contribution < 1.29 is 22.4 Å². The van der Waals surface area contributed by atoms with Gasteiger partial charge in [-0.3, -0.25) is 4.79 Å². The van der Waals surface area contributed by atoms with E-state index >= 15 is 0 Å². The fraction of sp³-hybridized carbons (Fsp3) is 0.100. The van der Waals surface area contributed by atoms with Crippen LogP contribution in [0.15, 0.2) is 42.9 Å². The summed E-state index contributed by atoms with van der Waals surface area (Å²) in [4.78, 5) is 17.6. The number of carbonyl (C=O) groups is 1. The van der Waals surface area contributed by atoms with Crippen molar-refractivity contribution in [1.29, 1.82) is 5.26 Å². The first kappa shape index (κ1) is 22.4. The molecule has 0 atom stereocenters. The molecule has 1 aromatic carbocycles. The van der Waals surface area contributed by atoms with Gasteiger partial charge in [0, 0.05) is 5.69 Å². The minimum Gasteiger partial charge on any atom is -0.381 e. The summed E-state index contributed by atoms with van der Waals surface area (Å²) in [5, 5.41) is 23.4. The van der Waals surface area contributed by atoms with Crippen molar-refractivity contribution in [3.63, 3.8) is 0 Å². The molecule has 0 bridgehead atoms. The van der Waals surface area contributed by atoms with Gasteiger partial charge < -0.3 is 11.1 Å². The number of hydrogen-bond acceptors (Lipinski definition) is 7. The van der Waals surface area contributed by atoms with Crippen LogP contribution in [-0.4, -0.2) is 35.7 Å². The molecule has 4 aromatic rings. The quantitative estimate of drug-likeness (QED) is 0.436. The lowest BCUT2D eigenvalue weighted by molar-refractivity contribution is -0.143. The van der Waals surface area contributed by atoms with Gasteiger partial charge in [-0.25, -0.2) is 14.1 Å². The van der Waals surface area contributed by atoms with Crippen LogP contribution in [0.1, 0.15) is 27.2 Å². The van der Waals surface area contributed by atoms with Gasteiger partial charge in [-0.15, -0.1) is 0 Å². The highest BCUT2D eigenvalue weighted by molar-refractivity contribution is 6.05. The minimum atomic E-state index is -5.02. The smallest absolute Gasteiger partial charge is 0.381 e. The highest BCUT2D eigenvalue weighted by Crippen LogP contribution is 2.34. The normalized spacial score (nSPS) is 11.3. The summed E-state index contributed by atoms with van der Waals surface area (Å²) in [7, 11) is 0. The molecule has 0 radical (unpaired) electrons. The average Bonchev–Trinajstić information content (AvgIpc) is 3.46. The molecule has 3 aromatic heterocycles. The van der Waals surface area contributed by atoms with Crippen LogP contribution >= 0.6 is 0 Å². The summed E-state index contributed by atoms with van der Waals surface area (Å²) in [5.74, 6) is -3.10. The molecular formula is C20H13F4N9O. The van der Waals surface area contributed by atoms with Gasteiger partial charge in [0.05, 0.1) is 29.7 Å². The van der Waals surface area contributed by atoms with E-state index in [2.05, 4.69) is 25.6 Å². The number of benzene rings is 1. The molecule has 0 aliphatic rings. The zero-order chi connectivity index (χ0) is 24.6. The Balaban J connectivity index is 1.74. The lowest BCUT2D eigenvalue weighted by Crippen LogP contribution is -2.21. The number of pyridine rings is 1. The topological polar surface area (TPSA) is 140 Å². The number of rotatable bonds is 4. The molecule has 0 saturated heterocycles. The van der Waals surface area contributed by atoms with E-state index in [1.807, 2.05) is 6.07 Å². The molecule has 10 nitrogen and oxygen atoms in total. The van der Waals surface area contributed by atoms with Gasteiger partial charge in [-0.2, -0.15) is 38.5 Å². The van der Waals surface area contributed by atoms with Crippen molar-refractivity contribution >= 4 is 17.4 Å². The fourth-order valence-corrected chi connectivity index (χ4v) is 3.14. The van der Waals surface area contributed by atoms with E-state index in [-0.39, 0.29) is 11.3 Å². The molecule has 4 rings (SSSR count). The predicted molar refractivity (Wildman–Crippen MR) is 109 cm³/mol. The second kappa shape index (κ2) is 8.28. The van der Waals surface area contributed by atoms with Gasteiger partial charge in [-0.1, -0.05) is 0 Å². The molecule has 0 saturated carbocycles. The maximum atomic E-state index is 13.9. The summed E-state index contributed by atoms with van der Waals surface area (Å²) in [6.07, 6.45) is -1.49. The summed E-state index contributed by atoms with van der Waals surface area (Å²) in [5.41, 5.74) is 4.05. The van der Waals surface area contributed by atoms with Crippen molar-refractivity contribution in [2.75, 3.05) is 11.1 Å². The Labute approximate surface area is 188 Å². The predicted octanol–water partition coefficient (Wildman–Crippen LogP) is 3.02. The van der Waals surface area contributed by atoms with Crippen LogP contribution in [0, 0.1) is 24.1 Å². The number of hydrogen-bond donors (Lipinski definition) is 2. The first-order valence-corrected chi connectivity index (χ1v) is 9.40. The van der Waals surface area contributed by atoms with Crippen molar-refractivity contribution in [2.45, 2.75) is 13.1 Å². The van der Waals surface area contributed by atoms with Crippen LogP contribution in [-0.2, 0) is 6.18 Å². The standard InChI is InChI=1S/C20H13F4N9O/c1-10-6-15(33-27-4-5-28-33)11(8-25)7-14(10)30-19(34)12-9-29-32(17(12)20(22,23)24)16-3-2-13(21)18(26)31-16/h2-7,9H,1H3,(H2,26,31)(H,30,34). The largest absolute Gasteiger partial charge is 0.434 e. The first-order valence-electron chi connectivity index (χ1n) is 9.40. The minimum absolute atomic E-state index is 0.0785. The van der Waals surface area contributed by atoms with Crippen LogP contribution in [0.3, 0.4) is 0 Å². The number of nitrogens with zero attached hydrogens (tertiary/aromatic N) is 7. The highest BCUT2D eigenvalue weighted by atomic mass is 19.4. The van der Waals surface area contributed by atoms with E-state index in [1.165, 1.54) is 29.3 Å². The van der Waals surface area contributed by atoms with E-state index in [1.54, 1.807) is 6.92 Å². The molecule has 14 heteroatoms. The van der Waals surface area contributed by atoms with Crippen LogP contribution in [0.5, 0.6) is 0 Å². The Morgan fingerprint density at radius 1 is 1.18 bits per heavy atom. The monoisotopic (exact) mass is 471 g/mol. The first-order chi connectivity index (χ1) is 16.1. The molecule has 1 amide bonds. The number of nitriles is 1. The third-order valence-corrected chi connectivity index (χ3v) is 4.70. The fourth-order valence-electron chi connectivity index (χ4n) is 3.14. The van der Waals surface area contributed by atoms with Crippen molar-refractivity contribution in [2.24, 2.45) is 0 Å². The molecule has 0 spiro atoms. The number of halogens is 4. The molecule has 0 aliphatic heterocycles. The Hall–Kier alpha value is -4.80. The van der Waals surface area contributed by atoms with Crippen LogP contribution in [0.4, 0.5) is 29.1 Å². The van der Waals surface area contributed by atoms with Crippen LogP contribution in [0.25, 0.3) is 11.5 Å². The van der Waals surface area contributed by atoms with E-state index in [4.69, 9.17) is 5.73 Å². The molecule has 0 fully saturated rings. The number of amides is 1. The summed E-state index contributed by atoms with van der Waals surface area (Å²) in [6.45, 7) is 1.59. The molecule has 172 valence electrons. The molecule has 0 unspecified atom stereocenters. The second-order valence-electron chi connectivity index (χ2n) is 6.92. The van der Waals surface area contributed by atoms with Crippen LogP contribution in [0.2, 0.25) is 0 Å². The number of nitrogens with two attached hydrogens (primary N) is 1. The van der Waals surface area contributed by atoms with Gasteiger partial charge in [0.2, 0.25) is 0 Å². The zero-order valence-corrected chi connectivity index (χ0v) is 17.2. The Morgan fingerprint density at radius 3 is 2.50 bits per heavy atom. The van der Waals surface area contributed by atoms with E-state index < -0.39 is 40.8 Å². The zero-order valence-electron chi connectivity index (χ0n) is 17.2. The number of alkyl halides is 3. The number of aryl methyl sites for hydroxylation is 1. The van der Waals surface area contributed by atoms with E-state index in [0.717, 1.165) is 12.1 Å². The van der Waals surface area contributed by atoms with Gasteiger partial charge in [0.25, 0.3) is 5.91 Å². The van der Waals surface area contributed by atoms with Crippen molar-refractivity contribution in [3.05, 3.63) is 71.1 Å². The molecule has 3 N–H and O–H groups in total. The molecule has 3 heterocycles. The summed E-state index contributed by atoms with van der Waals surface area (Å²) < 4.78 is 55.4. The number of nitrogen functional groups attached to an aromatic ring is 1. The maximum absolute atomic E-state index is 13.9. The molecule has 34 heavy (non-hydrogen) atoms.